The minimum absolute atomic E-state index is 0.743. The zero-order valence-corrected chi connectivity index (χ0v) is 12.8. The lowest BCUT2D eigenvalue weighted by Crippen LogP contribution is -2.02. The van der Waals surface area contributed by atoms with Crippen molar-refractivity contribution in [1.82, 2.24) is 0 Å². The Labute approximate surface area is 116 Å². The van der Waals surface area contributed by atoms with Crippen LogP contribution in [0.5, 0.6) is 11.5 Å². The molecule has 4 heteroatoms. The van der Waals surface area contributed by atoms with Crippen molar-refractivity contribution in [3.63, 3.8) is 0 Å². The average Bonchev–Trinajstić information content (AvgIpc) is 2.38. The number of para-hydroxylation sites is 1. The lowest BCUT2D eigenvalue weighted by molar-refractivity contribution is 0.293. The molecule has 0 saturated heterocycles. The van der Waals surface area contributed by atoms with E-state index in [-0.39, 0.29) is 0 Å². The largest absolute Gasteiger partial charge is 0.493 e. The first-order valence-electron chi connectivity index (χ1n) is 5.75. The van der Waals surface area contributed by atoms with E-state index in [0.717, 1.165) is 41.2 Å². The molecule has 0 aliphatic heterocycles. The summed E-state index contributed by atoms with van der Waals surface area (Å²) >= 11 is 5.41. The predicted molar refractivity (Wildman–Crippen MR) is 78.7 cm³/mol. The van der Waals surface area contributed by atoms with Gasteiger partial charge in [-0.15, -0.1) is 0 Å². The third-order valence-corrected chi connectivity index (χ3v) is 3.90. The van der Waals surface area contributed by atoms with Gasteiger partial charge < -0.3 is 9.47 Å². The van der Waals surface area contributed by atoms with Crippen LogP contribution in [0.15, 0.2) is 18.2 Å². The van der Waals surface area contributed by atoms with Gasteiger partial charge in [-0.05, 0) is 24.0 Å². The van der Waals surface area contributed by atoms with Crippen molar-refractivity contribution in [3.8, 4) is 11.5 Å². The minimum atomic E-state index is 0.743. The van der Waals surface area contributed by atoms with Crippen molar-refractivity contribution >= 4 is 27.7 Å². The second kappa shape index (κ2) is 8.70. The van der Waals surface area contributed by atoms with E-state index in [1.54, 1.807) is 7.11 Å². The van der Waals surface area contributed by atoms with Crippen molar-refractivity contribution in [1.29, 1.82) is 0 Å². The number of benzene rings is 1. The Hall–Kier alpha value is -0.350. The van der Waals surface area contributed by atoms with Crippen molar-refractivity contribution in [2.75, 3.05) is 25.2 Å². The molecule has 1 aromatic rings. The molecule has 1 rings (SSSR count). The molecule has 2 nitrogen and oxygen atoms in total. The van der Waals surface area contributed by atoms with Gasteiger partial charge in [0.15, 0.2) is 11.5 Å². The molecular weight excluding hydrogens is 300 g/mol. The van der Waals surface area contributed by atoms with Crippen LogP contribution in [0.25, 0.3) is 0 Å². The van der Waals surface area contributed by atoms with E-state index in [1.165, 1.54) is 5.75 Å². The molecule has 0 bridgehead atoms. The first-order chi connectivity index (χ1) is 8.33. The van der Waals surface area contributed by atoms with E-state index in [4.69, 9.17) is 9.47 Å². The van der Waals surface area contributed by atoms with Crippen LogP contribution in [0, 0.1) is 0 Å². The normalized spacial score (nSPS) is 10.3. The smallest absolute Gasteiger partial charge is 0.165 e. The van der Waals surface area contributed by atoms with E-state index in [0.29, 0.717) is 0 Å². The van der Waals surface area contributed by atoms with Gasteiger partial charge in [0.2, 0.25) is 0 Å². The van der Waals surface area contributed by atoms with Crippen LogP contribution in [-0.2, 0) is 5.33 Å². The fourth-order valence-corrected chi connectivity index (χ4v) is 2.52. The third kappa shape index (κ3) is 4.80. The van der Waals surface area contributed by atoms with Crippen LogP contribution in [0.3, 0.4) is 0 Å². The second-order valence-corrected chi connectivity index (χ2v) is 5.44. The average molecular weight is 319 g/mol. The van der Waals surface area contributed by atoms with Crippen LogP contribution in [0.1, 0.15) is 18.9 Å². The topological polar surface area (TPSA) is 18.5 Å². The molecule has 0 saturated carbocycles. The highest BCUT2D eigenvalue weighted by Gasteiger charge is 2.09. The van der Waals surface area contributed by atoms with E-state index >= 15 is 0 Å². The van der Waals surface area contributed by atoms with Gasteiger partial charge in [0.1, 0.15) is 0 Å². The highest BCUT2D eigenvalue weighted by Crippen LogP contribution is 2.32. The summed E-state index contributed by atoms with van der Waals surface area (Å²) in [4.78, 5) is 0. The standard InChI is InChI=1S/C13H19BrO2S/c1-3-17-9-5-8-16-13-11(10-14)6-4-7-12(13)15-2/h4,6-7H,3,5,8-10H2,1-2H3. The van der Waals surface area contributed by atoms with Crippen LogP contribution >= 0.6 is 27.7 Å². The van der Waals surface area contributed by atoms with E-state index < -0.39 is 0 Å². The monoisotopic (exact) mass is 318 g/mol. The number of ether oxygens (including phenoxy) is 2. The maximum absolute atomic E-state index is 5.83. The van der Waals surface area contributed by atoms with Crippen molar-refractivity contribution in [2.24, 2.45) is 0 Å². The van der Waals surface area contributed by atoms with Gasteiger partial charge in [0.25, 0.3) is 0 Å². The first-order valence-corrected chi connectivity index (χ1v) is 8.03. The molecule has 0 spiro atoms. The number of methoxy groups -OCH3 is 1. The molecule has 96 valence electrons. The minimum Gasteiger partial charge on any atom is -0.493 e. The molecule has 0 aromatic heterocycles. The summed E-state index contributed by atoms with van der Waals surface area (Å²) in [6.07, 6.45) is 1.07. The molecule has 0 radical (unpaired) electrons. The van der Waals surface area contributed by atoms with Crippen LogP contribution in [-0.4, -0.2) is 25.2 Å². The van der Waals surface area contributed by atoms with Gasteiger partial charge in [0.05, 0.1) is 13.7 Å². The van der Waals surface area contributed by atoms with Gasteiger partial charge in [0, 0.05) is 10.9 Å². The molecule has 17 heavy (non-hydrogen) atoms. The van der Waals surface area contributed by atoms with Gasteiger partial charge in [-0.25, -0.2) is 0 Å². The van der Waals surface area contributed by atoms with Gasteiger partial charge in [-0.3, -0.25) is 0 Å². The summed E-state index contributed by atoms with van der Waals surface area (Å²) in [6, 6.07) is 5.96. The number of thioether (sulfide) groups is 1. The van der Waals surface area contributed by atoms with E-state index in [1.807, 2.05) is 30.0 Å². The second-order valence-electron chi connectivity index (χ2n) is 3.48. The molecule has 1 aromatic carbocycles. The quantitative estimate of drug-likeness (QED) is 0.531. The summed E-state index contributed by atoms with van der Waals surface area (Å²) in [6.45, 7) is 2.92. The Balaban J connectivity index is 2.55. The molecule has 0 aliphatic carbocycles. The van der Waals surface area contributed by atoms with E-state index in [9.17, 15) is 0 Å². The maximum atomic E-state index is 5.83. The van der Waals surface area contributed by atoms with Crippen molar-refractivity contribution in [2.45, 2.75) is 18.7 Å². The summed E-state index contributed by atoms with van der Waals surface area (Å²) in [7, 11) is 1.67. The molecule has 0 fully saturated rings. The Morgan fingerprint density at radius 1 is 1.35 bits per heavy atom. The molecule has 0 N–H and O–H groups in total. The van der Waals surface area contributed by atoms with Crippen LogP contribution < -0.4 is 9.47 Å². The first kappa shape index (κ1) is 14.7. The summed E-state index contributed by atoms with van der Waals surface area (Å²) in [5, 5.41) is 0.781. The maximum Gasteiger partial charge on any atom is 0.165 e. The van der Waals surface area contributed by atoms with Crippen LogP contribution in [0.2, 0.25) is 0 Å². The van der Waals surface area contributed by atoms with Crippen molar-refractivity contribution in [3.05, 3.63) is 23.8 Å². The lowest BCUT2D eigenvalue weighted by Gasteiger charge is -2.13. The number of halogens is 1. The molecule has 0 amide bonds. The van der Waals surface area contributed by atoms with Crippen molar-refractivity contribution < 1.29 is 9.47 Å². The molecule has 0 unspecified atom stereocenters. The number of alkyl halides is 1. The third-order valence-electron chi connectivity index (χ3n) is 2.31. The highest BCUT2D eigenvalue weighted by molar-refractivity contribution is 9.08. The van der Waals surface area contributed by atoms with Gasteiger partial charge in [-0.1, -0.05) is 35.0 Å². The fraction of sp³-hybridized carbons (Fsp3) is 0.538. The molecule has 0 heterocycles. The number of rotatable bonds is 8. The van der Waals surface area contributed by atoms with E-state index in [2.05, 4.69) is 22.9 Å². The number of hydrogen-bond donors (Lipinski definition) is 0. The Kier molecular flexibility index (Phi) is 7.53. The van der Waals surface area contributed by atoms with Crippen LogP contribution in [0.4, 0.5) is 0 Å². The Bertz CT molecular complexity index is 309. The SMILES string of the molecule is CCSCCCOc1c(CBr)cccc1OC. The zero-order valence-electron chi connectivity index (χ0n) is 10.4. The number of hydrogen-bond acceptors (Lipinski definition) is 3. The lowest BCUT2D eigenvalue weighted by atomic mass is 10.2. The zero-order chi connectivity index (χ0) is 12.5. The summed E-state index contributed by atoms with van der Waals surface area (Å²) < 4.78 is 11.1. The fourth-order valence-electron chi connectivity index (χ4n) is 1.47. The summed E-state index contributed by atoms with van der Waals surface area (Å²) in [5.41, 5.74) is 1.13. The Morgan fingerprint density at radius 2 is 2.18 bits per heavy atom. The molecule has 0 aliphatic rings. The molecule has 0 atom stereocenters. The van der Waals surface area contributed by atoms with Gasteiger partial charge in [-0.2, -0.15) is 11.8 Å². The molecular formula is C13H19BrO2S. The van der Waals surface area contributed by atoms with Gasteiger partial charge >= 0.3 is 0 Å². The highest BCUT2D eigenvalue weighted by atomic mass is 79.9. The summed E-state index contributed by atoms with van der Waals surface area (Å²) in [5.74, 6) is 4.00. The predicted octanol–water partition coefficient (Wildman–Crippen LogP) is 4.11. The Morgan fingerprint density at radius 3 is 2.82 bits per heavy atom.